The van der Waals surface area contributed by atoms with Crippen LogP contribution >= 0.6 is 0 Å². The predicted molar refractivity (Wildman–Crippen MR) is 114 cm³/mol. The summed E-state index contributed by atoms with van der Waals surface area (Å²) in [5.74, 6) is 0.841. The molecule has 154 valence electrons. The van der Waals surface area contributed by atoms with E-state index in [1.165, 1.54) is 12.1 Å². The van der Waals surface area contributed by atoms with Crippen LogP contribution in [0.2, 0.25) is 0 Å². The van der Waals surface area contributed by atoms with E-state index in [-0.39, 0.29) is 11.7 Å². The van der Waals surface area contributed by atoms with E-state index >= 15 is 0 Å². The van der Waals surface area contributed by atoms with Gasteiger partial charge in [0.15, 0.2) is 0 Å². The minimum absolute atomic E-state index is 0.0358. The first-order valence-corrected chi connectivity index (χ1v) is 10.3. The molecule has 3 aromatic rings. The van der Waals surface area contributed by atoms with Crippen molar-refractivity contribution in [2.45, 2.75) is 25.2 Å². The van der Waals surface area contributed by atoms with Crippen LogP contribution in [0.15, 0.2) is 66.7 Å². The molecule has 1 saturated heterocycles. The SMILES string of the molecule is COc1ccccc1Cc1cccc(C2CCN(C(=O)c3ccc(F)cc3)CC2)n1. The van der Waals surface area contributed by atoms with E-state index in [4.69, 9.17) is 9.72 Å². The molecule has 0 unspecified atom stereocenters. The Balaban J connectivity index is 1.41. The normalized spacial score (nSPS) is 14.5. The number of halogens is 1. The lowest BCUT2D eigenvalue weighted by Crippen LogP contribution is -2.38. The summed E-state index contributed by atoms with van der Waals surface area (Å²) in [7, 11) is 1.68. The number of methoxy groups -OCH3 is 1. The van der Waals surface area contributed by atoms with Crippen LogP contribution in [0.3, 0.4) is 0 Å². The summed E-state index contributed by atoms with van der Waals surface area (Å²) in [6.07, 6.45) is 2.47. The number of amides is 1. The van der Waals surface area contributed by atoms with Crippen LogP contribution in [0.5, 0.6) is 5.75 Å². The fourth-order valence-corrected chi connectivity index (χ4v) is 4.02. The van der Waals surface area contributed by atoms with Crippen molar-refractivity contribution in [3.05, 3.63) is 95.1 Å². The predicted octanol–water partition coefficient (Wildman–Crippen LogP) is 4.84. The zero-order valence-electron chi connectivity index (χ0n) is 17.1. The second kappa shape index (κ2) is 9.08. The number of rotatable bonds is 5. The summed E-state index contributed by atoms with van der Waals surface area (Å²) < 4.78 is 18.6. The van der Waals surface area contributed by atoms with Gasteiger partial charge in [-0.1, -0.05) is 24.3 Å². The number of hydrogen-bond donors (Lipinski definition) is 0. The van der Waals surface area contributed by atoms with Crippen LogP contribution in [0.1, 0.15) is 46.1 Å². The number of carbonyl (C=O) groups excluding carboxylic acids is 1. The van der Waals surface area contributed by atoms with Gasteiger partial charge in [0.2, 0.25) is 0 Å². The lowest BCUT2D eigenvalue weighted by Gasteiger charge is -2.32. The maximum atomic E-state index is 13.1. The van der Waals surface area contributed by atoms with Gasteiger partial charge in [-0.2, -0.15) is 0 Å². The van der Waals surface area contributed by atoms with Gasteiger partial charge in [-0.25, -0.2) is 4.39 Å². The molecule has 0 spiro atoms. The maximum absolute atomic E-state index is 13.1. The summed E-state index contributed by atoms with van der Waals surface area (Å²) >= 11 is 0. The number of aromatic nitrogens is 1. The van der Waals surface area contributed by atoms with Crippen molar-refractivity contribution in [2.75, 3.05) is 20.2 Å². The monoisotopic (exact) mass is 404 g/mol. The zero-order chi connectivity index (χ0) is 20.9. The Kier molecular flexibility index (Phi) is 6.07. The van der Waals surface area contributed by atoms with Crippen molar-refractivity contribution < 1.29 is 13.9 Å². The minimum Gasteiger partial charge on any atom is -0.496 e. The average Bonchev–Trinajstić information content (AvgIpc) is 2.80. The first-order chi connectivity index (χ1) is 14.6. The highest BCUT2D eigenvalue weighted by Crippen LogP contribution is 2.28. The fraction of sp³-hybridized carbons (Fsp3) is 0.280. The quantitative estimate of drug-likeness (QED) is 0.611. The molecular formula is C25H25FN2O2. The second-order valence-corrected chi connectivity index (χ2v) is 7.62. The summed E-state index contributed by atoms with van der Waals surface area (Å²) in [4.78, 5) is 19.4. The highest BCUT2D eigenvalue weighted by molar-refractivity contribution is 5.94. The van der Waals surface area contributed by atoms with Crippen LogP contribution in [-0.4, -0.2) is 36.0 Å². The van der Waals surface area contributed by atoms with Crippen molar-refractivity contribution in [1.82, 2.24) is 9.88 Å². The maximum Gasteiger partial charge on any atom is 0.253 e. The first-order valence-electron chi connectivity index (χ1n) is 10.3. The smallest absolute Gasteiger partial charge is 0.253 e. The molecule has 0 radical (unpaired) electrons. The van der Waals surface area contributed by atoms with Gasteiger partial charge in [0, 0.05) is 47.9 Å². The molecule has 1 fully saturated rings. The molecule has 4 nitrogen and oxygen atoms in total. The van der Waals surface area contributed by atoms with Crippen molar-refractivity contribution in [1.29, 1.82) is 0 Å². The molecule has 0 N–H and O–H groups in total. The van der Waals surface area contributed by atoms with Gasteiger partial charge in [0.1, 0.15) is 11.6 Å². The Morgan fingerprint density at radius 1 is 1.03 bits per heavy atom. The Labute approximate surface area is 176 Å². The topological polar surface area (TPSA) is 42.4 Å². The number of nitrogens with zero attached hydrogens (tertiary/aromatic N) is 2. The number of ether oxygens (including phenoxy) is 1. The van der Waals surface area contributed by atoms with Gasteiger partial charge in [0.05, 0.1) is 7.11 Å². The van der Waals surface area contributed by atoms with Gasteiger partial charge >= 0.3 is 0 Å². The molecule has 1 aliphatic heterocycles. The second-order valence-electron chi connectivity index (χ2n) is 7.62. The molecule has 2 aromatic carbocycles. The highest BCUT2D eigenvalue weighted by atomic mass is 19.1. The highest BCUT2D eigenvalue weighted by Gasteiger charge is 2.25. The molecule has 0 atom stereocenters. The van der Waals surface area contributed by atoms with Gasteiger partial charge in [-0.05, 0) is 55.3 Å². The summed E-state index contributed by atoms with van der Waals surface area (Å²) in [5.41, 5.74) is 3.74. The number of hydrogen-bond acceptors (Lipinski definition) is 3. The molecule has 2 heterocycles. The largest absolute Gasteiger partial charge is 0.496 e. The van der Waals surface area contributed by atoms with Crippen molar-refractivity contribution >= 4 is 5.91 Å². The van der Waals surface area contributed by atoms with Gasteiger partial charge in [-0.15, -0.1) is 0 Å². The number of pyridine rings is 1. The third kappa shape index (κ3) is 4.51. The van der Waals surface area contributed by atoms with E-state index in [1.807, 2.05) is 29.2 Å². The summed E-state index contributed by atoms with van der Waals surface area (Å²) in [6.45, 7) is 1.36. The first kappa shape index (κ1) is 20.1. The zero-order valence-corrected chi connectivity index (χ0v) is 17.1. The van der Waals surface area contributed by atoms with Crippen LogP contribution in [0.4, 0.5) is 4.39 Å². The van der Waals surface area contributed by atoms with Crippen molar-refractivity contribution in [2.24, 2.45) is 0 Å². The number of para-hydroxylation sites is 1. The number of carbonyl (C=O) groups is 1. The Hall–Kier alpha value is -3.21. The van der Waals surface area contributed by atoms with E-state index < -0.39 is 0 Å². The molecule has 1 aromatic heterocycles. The van der Waals surface area contributed by atoms with Gasteiger partial charge in [-0.3, -0.25) is 9.78 Å². The molecule has 5 heteroatoms. The summed E-state index contributed by atoms with van der Waals surface area (Å²) in [6, 6.07) is 19.9. The molecule has 0 aliphatic carbocycles. The Morgan fingerprint density at radius 2 is 1.77 bits per heavy atom. The van der Waals surface area contributed by atoms with Crippen molar-refractivity contribution in [3.63, 3.8) is 0 Å². The van der Waals surface area contributed by atoms with Crippen LogP contribution in [0, 0.1) is 5.82 Å². The standard InChI is InChI=1S/C25H25FN2O2/c1-30-24-8-3-2-5-20(24)17-22-6-4-7-23(27-22)18-13-15-28(16-14-18)25(29)19-9-11-21(26)12-10-19/h2-12,18H,13-17H2,1H3. The number of benzene rings is 2. The lowest BCUT2D eigenvalue weighted by molar-refractivity contribution is 0.0712. The van der Waals surface area contributed by atoms with Gasteiger partial charge in [0.25, 0.3) is 5.91 Å². The Morgan fingerprint density at radius 3 is 2.50 bits per heavy atom. The average molecular weight is 404 g/mol. The number of piperidine rings is 1. The van der Waals surface area contributed by atoms with Crippen LogP contribution in [-0.2, 0) is 6.42 Å². The van der Waals surface area contributed by atoms with Crippen LogP contribution in [0.25, 0.3) is 0 Å². The number of likely N-dealkylation sites (tertiary alicyclic amines) is 1. The molecule has 4 rings (SSSR count). The third-order valence-corrected chi connectivity index (χ3v) is 5.68. The van der Waals surface area contributed by atoms with Gasteiger partial charge < -0.3 is 9.64 Å². The molecule has 1 amide bonds. The van der Waals surface area contributed by atoms with E-state index in [0.717, 1.165) is 42.0 Å². The molecule has 0 saturated carbocycles. The van der Waals surface area contributed by atoms with E-state index in [9.17, 15) is 9.18 Å². The molecule has 0 bridgehead atoms. The van der Waals surface area contributed by atoms with E-state index in [1.54, 1.807) is 19.2 Å². The van der Waals surface area contributed by atoms with E-state index in [2.05, 4.69) is 18.2 Å². The molecular weight excluding hydrogens is 379 g/mol. The fourth-order valence-electron chi connectivity index (χ4n) is 4.02. The Bertz CT molecular complexity index is 1010. The van der Waals surface area contributed by atoms with Crippen molar-refractivity contribution in [3.8, 4) is 5.75 Å². The molecule has 1 aliphatic rings. The summed E-state index contributed by atoms with van der Waals surface area (Å²) in [5, 5.41) is 0. The van der Waals surface area contributed by atoms with E-state index in [0.29, 0.717) is 24.6 Å². The molecule has 30 heavy (non-hydrogen) atoms. The third-order valence-electron chi connectivity index (χ3n) is 5.68. The van der Waals surface area contributed by atoms with Crippen LogP contribution < -0.4 is 4.74 Å². The minimum atomic E-state index is -0.329. The lowest BCUT2D eigenvalue weighted by atomic mass is 9.92.